The lowest BCUT2D eigenvalue weighted by Crippen LogP contribution is -1.87. The van der Waals surface area contributed by atoms with E-state index in [2.05, 4.69) is 13.8 Å². The summed E-state index contributed by atoms with van der Waals surface area (Å²) >= 11 is 0. The molecule has 0 spiro atoms. The third-order valence-electron chi connectivity index (χ3n) is 1.81. The van der Waals surface area contributed by atoms with Gasteiger partial charge in [0.2, 0.25) is 0 Å². The molecule has 0 bridgehead atoms. The standard InChI is InChI=1S/C10H14O.BrH/c1-7(2)9-5-4-8(3)6-10(9)11;/h4-7,11H,1-3H3;1H. The fourth-order valence-electron chi connectivity index (χ4n) is 1.14. The molecule has 0 aliphatic heterocycles. The van der Waals surface area contributed by atoms with Crippen LogP contribution in [0.1, 0.15) is 30.9 Å². The molecule has 0 heterocycles. The van der Waals surface area contributed by atoms with E-state index in [9.17, 15) is 5.11 Å². The van der Waals surface area contributed by atoms with Gasteiger partial charge in [0.15, 0.2) is 0 Å². The zero-order chi connectivity index (χ0) is 8.43. The molecule has 2 heteroatoms. The lowest BCUT2D eigenvalue weighted by atomic mass is 10.0. The summed E-state index contributed by atoms with van der Waals surface area (Å²) in [4.78, 5) is 0. The van der Waals surface area contributed by atoms with E-state index in [1.165, 1.54) is 0 Å². The van der Waals surface area contributed by atoms with Gasteiger partial charge in [-0.3, -0.25) is 0 Å². The lowest BCUT2D eigenvalue weighted by molar-refractivity contribution is 0.464. The highest BCUT2D eigenvalue weighted by Gasteiger charge is 2.03. The first-order chi connectivity index (χ1) is 5.11. The highest BCUT2D eigenvalue weighted by molar-refractivity contribution is 8.93. The molecule has 0 unspecified atom stereocenters. The smallest absolute Gasteiger partial charge is 0.119 e. The van der Waals surface area contributed by atoms with E-state index >= 15 is 0 Å². The Labute approximate surface area is 84.2 Å². The molecule has 0 radical (unpaired) electrons. The van der Waals surface area contributed by atoms with Gasteiger partial charge in [-0.05, 0) is 30.0 Å². The largest absolute Gasteiger partial charge is 0.508 e. The molecule has 1 N–H and O–H groups in total. The van der Waals surface area contributed by atoms with E-state index in [1.54, 1.807) is 6.07 Å². The minimum absolute atomic E-state index is 0. The maximum atomic E-state index is 9.46. The van der Waals surface area contributed by atoms with Crippen LogP contribution in [0, 0.1) is 6.92 Å². The van der Waals surface area contributed by atoms with Crippen molar-refractivity contribution in [3.05, 3.63) is 29.3 Å². The summed E-state index contributed by atoms with van der Waals surface area (Å²) in [5.74, 6) is 0.815. The normalized spacial score (nSPS) is 9.67. The van der Waals surface area contributed by atoms with Crippen molar-refractivity contribution >= 4 is 17.0 Å². The molecule has 0 aliphatic carbocycles. The van der Waals surface area contributed by atoms with Crippen molar-refractivity contribution in [1.82, 2.24) is 0 Å². The van der Waals surface area contributed by atoms with E-state index in [0.29, 0.717) is 11.7 Å². The second-order valence-corrected chi connectivity index (χ2v) is 3.22. The SMILES string of the molecule is Br.Cc1ccc(C(C)C)c(O)c1. The Morgan fingerprint density at radius 2 is 1.83 bits per heavy atom. The van der Waals surface area contributed by atoms with Gasteiger partial charge < -0.3 is 5.11 Å². The zero-order valence-corrected chi connectivity index (χ0v) is 9.38. The molecule has 0 aliphatic rings. The monoisotopic (exact) mass is 230 g/mol. The van der Waals surface area contributed by atoms with Crippen LogP contribution in [0.5, 0.6) is 5.75 Å². The number of phenolic OH excluding ortho intramolecular Hbond substituents is 1. The zero-order valence-electron chi connectivity index (χ0n) is 7.66. The topological polar surface area (TPSA) is 20.2 Å². The molecule has 1 rings (SSSR count). The third-order valence-corrected chi connectivity index (χ3v) is 1.81. The van der Waals surface area contributed by atoms with Gasteiger partial charge >= 0.3 is 0 Å². The van der Waals surface area contributed by atoms with Crippen LogP contribution in [0.2, 0.25) is 0 Å². The van der Waals surface area contributed by atoms with Crippen LogP contribution in [-0.4, -0.2) is 5.11 Å². The molecule has 0 saturated heterocycles. The van der Waals surface area contributed by atoms with Crippen molar-refractivity contribution in [3.8, 4) is 5.75 Å². The van der Waals surface area contributed by atoms with Gasteiger partial charge in [-0.25, -0.2) is 0 Å². The van der Waals surface area contributed by atoms with Crippen molar-refractivity contribution in [2.24, 2.45) is 0 Å². The summed E-state index contributed by atoms with van der Waals surface area (Å²) in [6, 6.07) is 5.81. The molecular weight excluding hydrogens is 216 g/mol. The molecule has 1 nitrogen and oxygen atoms in total. The Morgan fingerprint density at radius 1 is 1.25 bits per heavy atom. The van der Waals surface area contributed by atoms with E-state index in [4.69, 9.17) is 0 Å². The Morgan fingerprint density at radius 3 is 2.25 bits per heavy atom. The maximum Gasteiger partial charge on any atom is 0.119 e. The number of aromatic hydroxyl groups is 1. The predicted octanol–water partition coefficient (Wildman–Crippen LogP) is 3.40. The molecule has 0 amide bonds. The number of hydrogen-bond donors (Lipinski definition) is 1. The molecule has 1 aromatic carbocycles. The van der Waals surface area contributed by atoms with Crippen molar-refractivity contribution in [2.75, 3.05) is 0 Å². The van der Waals surface area contributed by atoms with Crippen molar-refractivity contribution in [3.63, 3.8) is 0 Å². The lowest BCUT2D eigenvalue weighted by Gasteiger charge is -2.07. The minimum Gasteiger partial charge on any atom is -0.508 e. The van der Waals surface area contributed by atoms with Crippen LogP contribution >= 0.6 is 17.0 Å². The highest BCUT2D eigenvalue weighted by atomic mass is 79.9. The number of benzene rings is 1. The Bertz CT molecular complexity index is 256. The maximum absolute atomic E-state index is 9.46. The summed E-state index contributed by atoms with van der Waals surface area (Å²) in [5.41, 5.74) is 2.13. The molecule has 12 heavy (non-hydrogen) atoms. The molecular formula is C10H15BrO. The number of hydrogen-bond acceptors (Lipinski definition) is 1. The Balaban J connectivity index is 0.00000121. The molecule has 0 saturated carbocycles. The van der Waals surface area contributed by atoms with Gasteiger partial charge in [-0.1, -0.05) is 26.0 Å². The fourth-order valence-corrected chi connectivity index (χ4v) is 1.14. The van der Waals surface area contributed by atoms with Crippen LogP contribution < -0.4 is 0 Å². The predicted molar refractivity (Wildman–Crippen MR) is 57.3 cm³/mol. The number of rotatable bonds is 1. The van der Waals surface area contributed by atoms with Crippen LogP contribution in [0.4, 0.5) is 0 Å². The average Bonchev–Trinajstić information content (AvgIpc) is 1.85. The minimum atomic E-state index is 0. The summed E-state index contributed by atoms with van der Waals surface area (Å²) in [6.07, 6.45) is 0. The summed E-state index contributed by atoms with van der Waals surface area (Å²) in [6.45, 7) is 6.12. The van der Waals surface area contributed by atoms with Crippen LogP contribution in [0.3, 0.4) is 0 Å². The Hall–Kier alpha value is -0.500. The Kier molecular flexibility index (Phi) is 4.32. The van der Waals surface area contributed by atoms with Gasteiger partial charge in [0, 0.05) is 0 Å². The van der Waals surface area contributed by atoms with Gasteiger partial charge in [-0.15, -0.1) is 17.0 Å². The second-order valence-electron chi connectivity index (χ2n) is 3.22. The summed E-state index contributed by atoms with van der Waals surface area (Å²) in [5, 5.41) is 9.46. The molecule has 0 aromatic heterocycles. The van der Waals surface area contributed by atoms with Crippen LogP contribution in [0.25, 0.3) is 0 Å². The van der Waals surface area contributed by atoms with Crippen molar-refractivity contribution in [1.29, 1.82) is 0 Å². The van der Waals surface area contributed by atoms with E-state index in [0.717, 1.165) is 11.1 Å². The van der Waals surface area contributed by atoms with Gasteiger partial charge in [0.25, 0.3) is 0 Å². The van der Waals surface area contributed by atoms with E-state index in [-0.39, 0.29) is 17.0 Å². The van der Waals surface area contributed by atoms with Crippen molar-refractivity contribution in [2.45, 2.75) is 26.7 Å². The fraction of sp³-hybridized carbons (Fsp3) is 0.400. The summed E-state index contributed by atoms with van der Waals surface area (Å²) < 4.78 is 0. The van der Waals surface area contributed by atoms with Crippen LogP contribution in [0.15, 0.2) is 18.2 Å². The molecule has 0 atom stereocenters. The first-order valence-corrected chi connectivity index (χ1v) is 3.91. The quantitative estimate of drug-likeness (QED) is 0.785. The number of halogens is 1. The highest BCUT2D eigenvalue weighted by Crippen LogP contribution is 2.25. The van der Waals surface area contributed by atoms with Crippen LogP contribution in [-0.2, 0) is 0 Å². The average molecular weight is 231 g/mol. The molecule has 68 valence electrons. The molecule has 1 aromatic rings. The van der Waals surface area contributed by atoms with E-state index < -0.39 is 0 Å². The van der Waals surface area contributed by atoms with Gasteiger partial charge in [0.1, 0.15) is 5.75 Å². The second kappa shape index (κ2) is 4.51. The first kappa shape index (κ1) is 11.5. The van der Waals surface area contributed by atoms with Gasteiger partial charge in [0.05, 0.1) is 0 Å². The number of phenols is 1. The van der Waals surface area contributed by atoms with E-state index in [1.807, 2.05) is 19.1 Å². The van der Waals surface area contributed by atoms with Gasteiger partial charge in [-0.2, -0.15) is 0 Å². The number of aryl methyl sites for hydroxylation is 1. The molecule has 0 fully saturated rings. The third kappa shape index (κ3) is 2.52. The summed E-state index contributed by atoms with van der Waals surface area (Å²) in [7, 11) is 0. The van der Waals surface area contributed by atoms with Crippen molar-refractivity contribution < 1.29 is 5.11 Å². The first-order valence-electron chi connectivity index (χ1n) is 3.91.